The molecule has 1 N–H and O–H groups in total. The lowest BCUT2D eigenvalue weighted by molar-refractivity contribution is -0.114. The Bertz CT molecular complexity index is 789. The van der Waals surface area contributed by atoms with E-state index in [4.69, 9.17) is 4.52 Å². The summed E-state index contributed by atoms with van der Waals surface area (Å²) in [7, 11) is 0. The van der Waals surface area contributed by atoms with E-state index in [1.54, 1.807) is 11.0 Å². The number of para-hydroxylation sites is 2. The molecule has 0 aliphatic heterocycles. The van der Waals surface area contributed by atoms with Gasteiger partial charge in [-0.2, -0.15) is 0 Å². The number of thioether (sulfide) groups is 1. The molecule has 22 heavy (non-hydrogen) atoms. The summed E-state index contributed by atoms with van der Waals surface area (Å²) < 4.78 is 6.76. The summed E-state index contributed by atoms with van der Waals surface area (Å²) in [6.07, 6.45) is 1.61. The van der Waals surface area contributed by atoms with Crippen molar-refractivity contribution in [3.63, 3.8) is 0 Å². The van der Waals surface area contributed by atoms with Crippen LogP contribution >= 0.6 is 11.8 Å². The standard InChI is InChI=1S/C15H16N4O2S/c1-10-12(11(2)21-18-10)7-22-8-15(20)17-19-9-16-13-5-3-4-6-14(13)19/h3-6,9H,7-8H2,1-2H3,(H,17,20). The number of aromatic nitrogens is 3. The van der Waals surface area contributed by atoms with Gasteiger partial charge in [-0.1, -0.05) is 17.3 Å². The minimum atomic E-state index is -0.0695. The van der Waals surface area contributed by atoms with Crippen molar-refractivity contribution in [3.05, 3.63) is 47.6 Å². The maximum absolute atomic E-state index is 12.0. The molecule has 114 valence electrons. The molecule has 3 aromatic rings. The van der Waals surface area contributed by atoms with Crippen molar-refractivity contribution >= 4 is 28.7 Å². The van der Waals surface area contributed by atoms with Gasteiger partial charge in [-0.15, -0.1) is 11.8 Å². The van der Waals surface area contributed by atoms with Crippen LogP contribution in [0, 0.1) is 13.8 Å². The van der Waals surface area contributed by atoms with E-state index in [2.05, 4.69) is 15.6 Å². The zero-order valence-corrected chi connectivity index (χ0v) is 13.2. The predicted octanol–water partition coefficient (Wildman–Crippen LogP) is 2.64. The van der Waals surface area contributed by atoms with Crippen molar-refractivity contribution in [2.45, 2.75) is 19.6 Å². The number of carbonyl (C=O) groups is 1. The minimum absolute atomic E-state index is 0.0695. The van der Waals surface area contributed by atoms with Crippen LogP contribution in [0.25, 0.3) is 11.0 Å². The smallest absolute Gasteiger partial charge is 0.248 e. The number of rotatable bonds is 5. The maximum atomic E-state index is 12.0. The third-order valence-corrected chi connectivity index (χ3v) is 4.32. The van der Waals surface area contributed by atoms with Crippen LogP contribution < -0.4 is 5.43 Å². The van der Waals surface area contributed by atoms with Gasteiger partial charge in [-0.25, -0.2) is 9.66 Å². The quantitative estimate of drug-likeness (QED) is 0.783. The summed E-state index contributed by atoms with van der Waals surface area (Å²) in [4.78, 5) is 16.3. The Morgan fingerprint density at radius 1 is 1.36 bits per heavy atom. The van der Waals surface area contributed by atoms with E-state index in [1.807, 2.05) is 38.1 Å². The summed E-state index contributed by atoms with van der Waals surface area (Å²) in [6, 6.07) is 7.66. The number of hydrogen-bond donors (Lipinski definition) is 1. The highest BCUT2D eigenvalue weighted by atomic mass is 32.2. The Hall–Kier alpha value is -2.28. The molecule has 0 fully saturated rings. The topological polar surface area (TPSA) is 73.0 Å². The molecule has 1 aromatic carbocycles. The molecule has 0 aliphatic carbocycles. The summed E-state index contributed by atoms with van der Waals surface area (Å²) in [5.41, 5.74) is 6.51. The van der Waals surface area contributed by atoms with Crippen LogP contribution in [0.1, 0.15) is 17.0 Å². The molecule has 0 unspecified atom stereocenters. The van der Waals surface area contributed by atoms with Crippen molar-refractivity contribution in [2.75, 3.05) is 11.2 Å². The van der Waals surface area contributed by atoms with Crippen LogP contribution in [0.3, 0.4) is 0 Å². The van der Waals surface area contributed by atoms with E-state index in [0.29, 0.717) is 11.5 Å². The van der Waals surface area contributed by atoms with Crippen LogP contribution in [0.4, 0.5) is 0 Å². The molecule has 0 saturated heterocycles. The first-order chi connectivity index (χ1) is 10.6. The Morgan fingerprint density at radius 2 is 2.18 bits per heavy atom. The zero-order chi connectivity index (χ0) is 15.5. The molecular weight excluding hydrogens is 300 g/mol. The van der Waals surface area contributed by atoms with E-state index in [1.165, 1.54) is 11.8 Å². The van der Waals surface area contributed by atoms with E-state index in [0.717, 1.165) is 28.1 Å². The van der Waals surface area contributed by atoms with E-state index < -0.39 is 0 Å². The number of fused-ring (bicyclic) bond motifs is 1. The molecular formula is C15H16N4O2S. The lowest BCUT2D eigenvalue weighted by Gasteiger charge is -2.06. The highest BCUT2D eigenvalue weighted by Crippen LogP contribution is 2.19. The summed E-state index contributed by atoms with van der Waals surface area (Å²) in [5.74, 6) is 1.81. The third kappa shape index (κ3) is 2.99. The first-order valence-corrected chi connectivity index (χ1v) is 8.02. The van der Waals surface area contributed by atoms with E-state index >= 15 is 0 Å². The number of carbonyl (C=O) groups excluding carboxylic acids is 1. The number of nitrogens with zero attached hydrogens (tertiary/aromatic N) is 3. The molecule has 0 atom stereocenters. The van der Waals surface area contributed by atoms with Gasteiger partial charge in [0, 0.05) is 11.3 Å². The molecule has 7 heteroatoms. The normalized spacial score (nSPS) is 11.0. The fraction of sp³-hybridized carbons (Fsp3) is 0.267. The van der Waals surface area contributed by atoms with Crippen molar-refractivity contribution in [1.82, 2.24) is 14.8 Å². The molecule has 0 bridgehead atoms. The molecule has 0 aliphatic rings. The number of aryl methyl sites for hydroxylation is 2. The van der Waals surface area contributed by atoms with Crippen LogP contribution in [-0.4, -0.2) is 26.5 Å². The fourth-order valence-electron chi connectivity index (χ4n) is 2.17. The first-order valence-electron chi connectivity index (χ1n) is 6.86. The second-order valence-corrected chi connectivity index (χ2v) is 5.92. The van der Waals surface area contributed by atoms with Crippen LogP contribution in [0.5, 0.6) is 0 Å². The van der Waals surface area contributed by atoms with Gasteiger partial charge in [0.15, 0.2) is 0 Å². The van der Waals surface area contributed by atoms with E-state index in [9.17, 15) is 4.79 Å². The number of amides is 1. The van der Waals surface area contributed by atoms with Gasteiger partial charge in [-0.3, -0.25) is 10.2 Å². The first kappa shape index (κ1) is 14.6. The monoisotopic (exact) mass is 316 g/mol. The Balaban J connectivity index is 1.57. The SMILES string of the molecule is Cc1noc(C)c1CSCC(=O)Nn1cnc2ccccc21. The Kier molecular flexibility index (Phi) is 4.15. The summed E-state index contributed by atoms with van der Waals surface area (Å²) >= 11 is 1.53. The largest absolute Gasteiger partial charge is 0.361 e. The molecule has 1 amide bonds. The van der Waals surface area contributed by atoms with Crippen LogP contribution in [0.2, 0.25) is 0 Å². The zero-order valence-electron chi connectivity index (χ0n) is 12.4. The van der Waals surface area contributed by atoms with Crippen molar-refractivity contribution in [1.29, 1.82) is 0 Å². The minimum Gasteiger partial charge on any atom is -0.361 e. The molecule has 3 rings (SSSR count). The van der Waals surface area contributed by atoms with E-state index in [-0.39, 0.29) is 5.91 Å². The maximum Gasteiger partial charge on any atom is 0.248 e. The van der Waals surface area contributed by atoms with Crippen molar-refractivity contribution < 1.29 is 9.32 Å². The summed E-state index contributed by atoms with van der Waals surface area (Å²) in [5, 5.41) is 3.91. The molecule has 0 radical (unpaired) electrons. The lowest BCUT2D eigenvalue weighted by Crippen LogP contribution is -2.23. The molecule has 2 aromatic heterocycles. The van der Waals surface area contributed by atoms with Crippen LogP contribution in [0.15, 0.2) is 35.1 Å². The average Bonchev–Trinajstić information content (AvgIpc) is 3.05. The molecule has 0 saturated carbocycles. The van der Waals surface area contributed by atoms with Gasteiger partial charge in [0.2, 0.25) is 5.91 Å². The van der Waals surface area contributed by atoms with Gasteiger partial charge in [0.05, 0.1) is 22.5 Å². The fourth-order valence-corrected chi connectivity index (χ4v) is 3.14. The summed E-state index contributed by atoms with van der Waals surface area (Å²) in [6.45, 7) is 3.79. The van der Waals surface area contributed by atoms with Gasteiger partial charge in [0.1, 0.15) is 12.1 Å². The average molecular weight is 316 g/mol. The van der Waals surface area contributed by atoms with Gasteiger partial charge < -0.3 is 4.52 Å². The highest BCUT2D eigenvalue weighted by molar-refractivity contribution is 7.99. The highest BCUT2D eigenvalue weighted by Gasteiger charge is 2.11. The second kappa shape index (κ2) is 6.23. The molecule has 0 spiro atoms. The molecule has 6 nitrogen and oxygen atoms in total. The second-order valence-electron chi connectivity index (χ2n) is 4.93. The van der Waals surface area contributed by atoms with Crippen LogP contribution in [-0.2, 0) is 10.5 Å². The number of hydrogen-bond acceptors (Lipinski definition) is 5. The van der Waals surface area contributed by atoms with Gasteiger partial charge >= 0.3 is 0 Å². The van der Waals surface area contributed by atoms with Gasteiger partial charge in [0.25, 0.3) is 0 Å². The van der Waals surface area contributed by atoms with Crippen molar-refractivity contribution in [3.8, 4) is 0 Å². The predicted molar refractivity (Wildman–Crippen MR) is 86.2 cm³/mol. The van der Waals surface area contributed by atoms with Gasteiger partial charge in [-0.05, 0) is 26.0 Å². The van der Waals surface area contributed by atoms with Crippen molar-refractivity contribution in [2.24, 2.45) is 0 Å². The molecule has 2 heterocycles. The Morgan fingerprint density at radius 3 is 2.95 bits per heavy atom. The third-order valence-electron chi connectivity index (χ3n) is 3.36. The number of imidazole rings is 1. The number of benzene rings is 1. The lowest BCUT2D eigenvalue weighted by atomic mass is 10.2. The Labute approximate surface area is 131 Å². The number of nitrogens with one attached hydrogen (secondary N) is 1.